The maximum absolute atomic E-state index is 13.0. The van der Waals surface area contributed by atoms with Gasteiger partial charge in [0.1, 0.15) is 4.88 Å². The number of carbonyl (C=O) groups is 2. The minimum absolute atomic E-state index is 0.00947. The summed E-state index contributed by atoms with van der Waals surface area (Å²) in [5.41, 5.74) is 5.29. The Hall–Kier alpha value is -3.46. The fraction of sp³-hybridized carbons (Fsp3) is 0.273. The number of aromatic amines is 1. The van der Waals surface area contributed by atoms with Crippen molar-refractivity contribution in [3.05, 3.63) is 73.3 Å². The van der Waals surface area contributed by atoms with Crippen LogP contribution in [0.5, 0.6) is 0 Å². The van der Waals surface area contributed by atoms with Gasteiger partial charge in [0.15, 0.2) is 0 Å². The maximum Gasteiger partial charge on any atom is 0.345 e. The normalized spacial score (nSPS) is 12.1. The summed E-state index contributed by atoms with van der Waals surface area (Å²) in [6.45, 7) is 9.76. The molecule has 3 rings (SSSR count). The Morgan fingerprint density at radius 3 is 2.26 bits per heavy atom. The van der Waals surface area contributed by atoms with Gasteiger partial charge in [-0.2, -0.15) is 5.10 Å². The van der Waals surface area contributed by atoms with Gasteiger partial charge in [0.2, 0.25) is 0 Å². The molecule has 3 N–H and O–H groups in total. The molecule has 0 bridgehead atoms. The van der Waals surface area contributed by atoms with E-state index in [4.69, 9.17) is 5.11 Å². The summed E-state index contributed by atoms with van der Waals surface area (Å²) in [6, 6.07) is 10.5. The summed E-state index contributed by atoms with van der Waals surface area (Å²) in [6.07, 6.45) is 0. The van der Waals surface area contributed by atoms with Crippen molar-refractivity contribution in [1.82, 2.24) is 15.2 Å². The van der Waals surface area contributed by atoms with Gasteiger partial charge in [-0.1, -0.05) is 32.9 Å². The lowest BCUT2D eigenvalue weighted by atomic mass is 9.87. The maximum atomic E-state index is 13.0. The van der Waals surface area contributed by atoms with Gasteiger partial charge in [0.05, 0.1) is 21.8 Å². The van der Waals surface area contributed by atoms with Crippen molar-refractivity contribution in [2.75, 3.05) is 0 Å². The number of nitrogens with zero attached hydrogens (tertiary/aromatic N) is 2. The molecule has 8 nitrogen and oxygen atoms in total. The number of aryl methyl sites for hydroxylation is 1. The van der Waals surface area contributed by atoms with Crippen LogP contribution in [0, 0.1) is 6.92 Å². The lowest BCUT2D eigenvalue weighted by Crippen LogP contribution is -2.23. The number of hydrogen-bond acceptors (Lipinski definition) is 5. The smallest absolute Gasteiger partial charge is 0.345 e. The highest BCUT2D eigenvalue weighted by molar-refractivity contribution is 7.15. The Kier molecular flexibility index (Phi) is 5.99. The van der Waals surface area contributed by atoms with E-state index in [9.17, 15) is 14.4 Å². The van der Waals surface area contributed by atoms with Crippen LogP contribution < -0.4 is 11.0 Å². The van der Waals surface area contributed by atoms with Crippen LogP contribution in [0.1, 0.15) is 63.9 Å². The molecule has 0 aliphatic heterocycles. The predicted octanol–water partition coefficient (Wildman–Crippen LogP) is 3.69. The number of thiophene rings is 1. The second kappa shape index (κ2) is 8.35. The summed E-state index contributed by atoms with van der Waals surface area (Å²) in [5, 5.41) is 16.1. The number of benzene rings is 1. The molecule has 2 heterocycles. The highest BCUT2D eigenvalue weighted by atomic mass is 32.1. The third-order valence-corrected chi connectivity index (χ3v) is 5.86. The van der Waals surface area contributed by atoms with Crippen molar-refractivity contribution < 1.29 is 14.7 Å². The number of hydrazone groups is 1. The van der Waals surface area contributed by atoms with Crippen molar-refractivity contribution in [1.29, 1.82) is 0 Å². The van der Waals surface area contributed by atoms with Gasteiger partial charge in [-0.15, -0.1) is 11.3 Å². The topological polar surface area (TPSA) is 117 Å². The number of carboxylic acids is 1. The first kappa shape index (κ1) is 22.2. The fourth-order valence-corrected chi connectivity index (χ4v) is 3.82. The molecule has 3 aromatic rings. The Morgan fingerprint density at radius 2 is 1.71 bits per heavy atom. The van der Waals surface area contributed by atoms with Crippen molar-refractivity contribution in [2.45, 2.75) is 40.0 Å². The molecule has 0 unspecified atom stereocenters. The molecule has 0 spiro atoms. The molecule has 1 aromatic carbocycles. The Balaban J connectivity index is 1.84. The third-order valence-electron chi connectivity index (χ3n) is 4.79. The molecule has 2 aromatic heterocycles. The average Bonchev–Trinajstić information content (AvgIpc) is 3.30. The summed E-state index contributed by atoms with van der Waals surface area (Å²) in [5.74, 6) is -1.63. The van der Waals surface area contributed by atoms with Crippen LogP contribution >= 0.6 is 11.3 Å². The van der Waals surface area contributed by atoms with E-state index < -0.39 is 11.9 Å². The molecule has 31 heavy (non-hydrogen) atoms. The molecule has 9 heteroatoms. The van der Waals surface area contributed by atoms with Crippen LogP contribution in [0.15, 0.2) is 46.3 Å². The van der Waals surface area contributed by atoms with E-state index in [1.54, 1.807) is 13.8 Å². The number of aromatic nitrogens is 2. The van der Waals surface area contributed by atoms with Gasteiger partial charge in [-0.25, -0.2) is 14.9 Å². The summed E-state index contributed by atoms with van der Waals surface area (Å²) >= 11 is 0.854. The van der Waals surface area contributed by atoms with Crippen LogP contribution in [0.2, 0.25) is 0 Å². The van der Waals surface area contributed by atoms with Crippen molar-refractivity contribution >= 4 is 28.9 Å². The second-order valence-corrected chi connectivity index (χ2v) is 9.24. The average molecular weight is 441 g/mol. The number of hydrogen-bond donors (Lipinski definition) is 3. The van der Waals surface area contributed by atoms with Gasteiger partial charge in [-0.05, 0) is 49.1 Å². The second-order valence-electron chi connectivity index (χ2n) is 8.16. The number of aromatic carboxylic acids is 1. The van der Waals surface area contributed by atoms with Gasteiger partial charge in [-0.3, -0.25) is 14.7 Å². The number of H-pyrrole nitrogens is 1. The molecule has 1 amide bonds. The van der Waals surface area contributed by atoms with Crippen molar-refractivity contribution in [3.8, 4) is 5.69 Å². The van der Waals surface area contributed by atoms with Crippen LogP contribution in [0.25, 0.3) is 5.69 Å². The summed E-state index contributed by atoms with van der Waals surface area (Å²) in [7, 11) is 0. The van der Waals surface area contributed by atoms with E-state index in [0.717, 1.165) is 16.9 Å². The lowest BCUT2D eigenvalue weighted by molar-refractivity contribution is 0.0702. The number of carbonyl (C=O) groups excluding carboxylic acids is 1. The van der Waals surface area contributed by atoms with E-state index in [0.29, 0.717) is 22.7 Å². The summed E-state index contributed by atoms with van der Waals surface area (Å²) in [4.78, 5) is 36.5. The number of rotatable bonds is 5. The fourth-order valence-electron chi connectivity index (χ4n) is 3.09. The molecule has 0 fully saturated rings. The van der Waals surface area contributed by atoms with Crippen LogP contribution in [-0.4, -0.2) is 32.5 Å². The first-order valence-electron chi connectivity index (χ1n) is 9.59. The quantitative estimate of drug-likeness (QED) is 0.414. The highest BCUT2D eigenvalue weighted by Crippen LogP contribution is 2.23. The Bertz CT molecular complexity index is 1220. The molecule has 0 saturated heterocycles. The van der Waals surface area contributed by atoms with Gasteiger partial charge < -0.3 is 5.11 Å². The van der Waals surface area contributed by atoms with Crippen molar-refractivity contribution in [3.63, 3.8) is 0 Å². The van der Waals surface area contributed by atoms with E-state index in [1.165, 1.54) is 16.8 Å². The Morgan fingerprint density at radius 1 is 1.10 bits per heavy atom. The number of amides is 1. The van der Waals surface area contributed by atoms with Crippen molar-refractivity contribution in [2.24, 2.45) is 5.10 Å². The van der Waals surface area contributed by atoms with Gasteiger partial charge in [0, 0.05) is 5.69 Å². The molecular formula is C22H24N4O4S. The monoisotopic (exact) mass is 440 g/mol. The SMILES string of the molecule is C/C(=N\NC(=O)c1ccc(C(=O)O)s1)c1c(C)[nH]n(-c2ccc(C(C)(C)C)cc2)c1=O. The standard InChI is InChI=1S/C22H24N4O4S/c1-12(23-24-19(27)16-10-11-17(31-16)21(29)30)18-13(2)25-26(20(18)28)15-8-6-14(7-9-15)22(3,4)5/h6-11,25H,1-5H3,(H,24,27)(H,29,30)/b23-12+. The molecule has 0 saturated carbocycles. The molecule has 0 atom stereocenters. The number of carboxylic acid groups (broad SMARTS) is 1. The molecular weight excluding hydrogens is 416 g/mol. The molecule has 0 radical (unpaired) electrons. The van der Waals surface area contributed by atoms with E-state index in [1.807, 2.05) is 24.3 Å². The first-order valence-corrected chi connectivity index (χ1v) is 10.4. The predicted molar refractivity (Wildman–Crippen MR) is 121 cm³/mol. The van der Waals surface area contributed by atoms with Crippen LogP contribution in [0.4, 0.5) is 0 Å². The zero-order valence-corrected chi connectivity index (χ0v) is 18.8. The zero-order valence-electron chi connectivity index (χ0n) is 17.9. The van der Waals surface area contributed by atoms with E-state index >= 15 is 0 Å². The van der Waals surface area contributed by atoms with Crippen LogP contribution in [0.3, 0.4) is 0 Å². The van der Waals surface area contributed by atoms with E-state index in [2.05, 4.69) is 36.4 Å². The van der Waals surface area contributed by atoms with Gasteiger partial charge >= 0.3 is 5.97 Å². The summed E-state index contributed by atoms with van der Waals surface area (Å²) < 4.78 is 1.44. The van der Waals surface area contributed by atoms with E-state index in [-0.39, 0.29) is 20.7 Å². The molecule has 0 aliphatic rings. The third kappa shape index (κ3) is 4.66. The highest BCUT2D eigenvalue weighted by Gasteiger charge is 2.18. The largest absolute Gasteiger partial charge is 0.477 e. The van der Waals surface area contributed by atoms with Gasteiger partial charge in [0.25, 0.3) is 11.5 Å². The van der Waals surface area contributed by atoms with Crippen LogP contribution in [-0.2, 0) is 5.41 Å². The minimum atomic E-state index is -1.09. The molecule has 0 aliphatic carbocycles. The number of nitrogens with one attached hydrogen (secondary N) is 2. The lowest BCUT2D eigenvalue weighted by Gasteiger charge is -2.19. The first-order chi connectivity index (χ1) is 14.5. The Labute approximate surface area is 183 Å². The molecule has 162 valence electrons. The minimum Gasteiger partial charge on any atom is -0.477 e. The zero-order chi connectivity index (χ0) is 22.9.